The quantitative estimate of drug-likeness (QED) is 0.800. The van der Waals surface area contributed by atoms with Gasteiger partial charge in [-0.1, -0.05) is 19.4 Å². The molecular weight excluding hydrogens is 330 g/mol. The van der Waals surface area contributed by atoms with Gasteiger partial charge in [0, 0.05) is 12.2 Å². The Morgan fingerprint density at radius 1 is 1.29 bits per heavy atom. The molecule has 0 radical (unpaired) electrons. The van der Waals surface area contributed by atoms with E-state index in [0.29, 0.717) is 24.5 Å². The van der Waals surface area contributed by atoms with Crippen molar-refractivity contribution in [2.75, 3.05) is 11.9 Å². The van der Waals surface area contributed by atoms with Crippen LogP contribution >= 0.6 is 0 Å². The van der Waals surface area contributed by atoms with Crippen molar-refractivity contribution >= 4 is 21.7 Å². The zero-order chi connectivity index (χ0) is 17.6. The van der Waals surface area contributed by atoms with Crippen LogP contribution in [0.1, 0.15) is 25.5 Å². The van der Waals surface area contributed by atoms with Crippen molar-refractivity contribution in [2.24, 2.45) is 5.14 Å². The number of hydrogen-bond acceptors (Lipinski definition) is 4. The van der Waals surface area contributed by atoms with Crippen LogP contribution < -0.4 is 10.5 Å². The van der Waals surface area contributed by atoms with Gasteiger partial charge >= 0.3 is 6.03 Å². The van der Waals surface area contributed by atoms with Crippen LogP contribution in [0.4, 0.5) is 10.5 Å². The minimum atomic E-state index is -3.82. The number of benzene rings is 1. The molecule has 0 saturated heterocycles. The molecule has 0 fully saturated rings. The third-order valence-corrected chi connectivity index (χ3v) is 4.32. The number of anilines is 1. The molecular formula is C16H21N3O4S. The first-order valence-electron chi connectivity index (χ1n) is 7.61. The molecule has 2 amide bonds. The number of furan rings is 1. The van der Waals surface area contributed by atoms with Gasteiger partial charge in [-0.2, -0.15) is 0 Å². The summed E-state index contributed by atoms with van der Waals surface area (Å²) >= 11 is 0. The molecule has 0 bridgehead atoms. The predicted octanol–water partition coefficient (Wildman–Crippen LogP) is 2.76. The van der Waals surface area contributed by atoms with Crippen LogP contribution in [-0.4, -0.2) is 25.9 Å². The molecule has 2 rings (SSSR count). The first kappa shape index (κ1) is 18.0. The SMILES string of the molecule is CCCCN(Cc1ccco1)C(=O)Nc1cccc(S(N)(=O)=O)c1. The Bertz CT molecular complexity index is 772. The number of unbranched alkanes of at least 4 members (excludes halogenated alkanes) is 1. The number of sulfonamides is 1. The van der Waals surface area contributed by atoms with E-state index >= 15 is 0 Å². The lowest BCUT2D eigenvalue weighted by Crippen LogP contribution is -2.35. The van der Waals surface area contributed by atoms with Gasteiger partial charge in [0.1, 0.15) is 5.76 Å². The molecule has 0 saturated carbocycles. The summed E-state index contributed by atoms with van der Waals surface area (Å²) in [5.41, 5.74) is 0.368. The molecule has 0 aliphatic carbocycles. The number of urea groups is 1. The van der Waals surface area contributed by atoms with Crippen molar-refractivity contribution in [1.82, 2.24) is 4.90 Å². The first-order valence-corrected chi connectivity index (χ1v) is 9.16. The van der Waals surface area contributed by atoms with E-state index < -0.39 is 10.0 Å². The fourth-order valence-corrected chi connectivity index (χ4v) is 2.70. The third-order valence-electron chi connectivity index (χ3n) is 3.41. The summed E-state index contributed by atoms with van der Waals surface area (Å²) in [6.45, 7) is 2.95. The summed E-state index contributed by atoms with van der Waals surface area (Å²) in [5.74, 6) is 0.680. The summed E-state index contributed by atoms with van der Waals surface area (Å²) in [4.78, 5) is 14.1. The van der Waals surface area contributed by atoms with Gasteiger partial charge in [-0.15, -0.1) is 0 Å². The zero-order valence-corrected chi connectivity index (χ0v) is 14.3. The van der Waals surface area contributed by atoms with Gasteiger partial charge in [0.15, 0.2) is 0 Å². The topological polar surface area (TPSA) is 106 Å². The second-order valence-electron chi connectivity index (χ2n) is 5.36. The standard InChI is InChI=1S/C16H21N3O4S/c1-2-3-9-19(12-14-7-5-10-23-14)16(20)18-13-6-4-8-15(11-13)24(17,21)22/h4-8,10-11H,2-3,9,12H2,1H3,(H,18,20)(H2,17,21,22). The van der Waals surface area contributed by atoms with E-state index in [0.717, 1.165) is 12.8 Å². The maximum absolute atomic E-state index is 12.5. The van der Waals surface area contributed by atoms with E-state index in [9.17, 15) is 13.2 Å². The van der Waals surface area contributed by atoms with E-state index in [-0.39, 0.29) is 10.9 Å². The Morgan fingerprint density at radius 2 is 2.08 bits per heavy atom. The van der Waals surface area contributed by atoms with E-state index in [1.807, 2.05) is 6.92 Å². The summed E-state index contributed by atoms with van der Waals surface area (Å²) in [5, 5.41) is 7.81. The molecule has 1 aromatic heterocycles. The Kier molecular flexibility index (Phi) is 5.99. The number of carbonyl (C=O) groups is 1. The lowest BCUT2D eigenvalue weighted by atomic mass is 10.3. The van der Waals surface area contributed by atoms with Crippen molar-refractivity contribution in [3.63, 3.8) is 0 Å². The summed E-state index contributed by atoms with van der Waals surface area (Å²) in [7, 11) is -3.82. The highest BCUT2D eigenvalue weighted by molar-refractivity contribution is 7.89. The van der Waals surface area contributed by atoms with E-state index in [1.165, 1.54) is 18.2 Å². The highest BCUT2D eigenvalue weighted by atomic mass is 32.2. The monoisotopic (exact) mass is 351 g/mol. The Balaban J connectivity index is 2.11. The normalized spacial score (nSPS) is 11.2. The maximum Gasteiger partial charge on any atom is 0.322 e. The van der Waals surface area contributed by atoms with Crippen LogP contribution in [0.2, 0.25) is 0 Å². The average molecular weight is 351 g/mol. The van der Waals surface area contributed by atoms with Crippen molar-refractivity contribution in [2.45, 2.75) is 31.2 Å². The molecule has 24 heavy (non-hydrogen) atoms. The Labute approximate surface area is 141 Å². The number of hydrogen-bond donors (Lipinski definition) is 2. The molecule has 0 aliphatic heterocycles. The molecule has 0 atom stereocenters. The minimum Gasteiger partial charge on any atom is -0.467 e. The van der Waals surface area contributed by atoms with Gasteiger partial charge in [0.2, 0.25) is 10.0 Å². The van der Waals surface area contributed by atoms with E-state index in [4.69, 9.17) is 9.56 Å². The van der Waals surface area contributed by atoms with Crippen LogP contribution in [-0.2, 0) is 16.6 Å². The molecule has 0 spiro atoms. The number of nitrogens with two attached hydrogens (primary N) is 1. The third kappa shape index (κ3) is 5.10. The van der Waals surface area contributed by atoms with Gasteiger partial charge in [-0.05, 0) is 36.8 Å². The summed E-state index contributed by atoms with van der Waals surface area (Å²) < 4.78 is 28.1. The molecule has 130 valence electrons. The highest BCUT2D eigenvalue weighted by Gasteiger charge is 2.16. The maximum atomic E-state index is 12.5. The number of primary sulfonamides is 1. The number of carbonyl (C=O) groups excluding carboxylic acids is 1. The van der Waals surface area contributed by atoms with Crippen molar-refractivity contribution in [3.8, 4) is 0 Å². The molecule has 0 unspecified atom stereocenters. The number of nitrogens with one attached hydrogen (secondary N) is 1. The number of rotatable bonds is 7. The molecule has 2 aromatic rings. The summed E-state index contributed by atoms with van der Waals surface area (Å²) in [6.07, 6.45) is 3.36. The molecule has 8 heteroatoms. The number of amides is 2. The van der Waals surface area contributed by atoms with E-state index in [1.54, 1.807) is 29.4 Å². The van der Waals surface area contributed by atoms with Crippen LogP contribution in [0.5, 0.6) is 0 Å². The second kappa shape index (κ2) is 7.98. The lowest BCUT2D eigenvalue weighted by Gasteiger charge is -2.22. The highest BCUT2D eigenvalue weighted by Crippen LogP contribution is 2.16. The molecule has 7 nitrogen and oxygen atoms in total. The Hall–Kier alpha value is -2.32. The van der Waals surface area contributed by atoms with Gasteiger partial charge in [0.25, 0.3) is 0 Å². The minimum absolute atomic E-state index is 0.0496. The molecule has 0 aliphatic rings. The predicted molar refractivity (Wildman–Crippen MR) is 90.9 cm³/mol. The Morgan fingerprint density at radius 3 is 2.71 bits per heavy atom. The lowest BCUT2D eigenvalue weighted by molar-refractivity contribution is 0.203. The summed E-state index contributed by atoms with van der Waals surface area (Å²) in [6, 6.07) is 9.08. The largest absolute Gasteiger partial charge is 0.467 e. The molecule has 1 heterocycles. The smallest absolute Gasteiger partial charge is 0.322 e. The molecule has 1 aromatic carbocycles. The van der Waals surface area contributed by atoms with Crippen LogP contribution in [0.3, 0.4) is 0 Å². The number of nitrogens with zero attached hydrogens (tertiary/aromatic N) is 1. The van der Waals surface area contributed by atoms with Crippen molar-refractivity contribution in [3.05, 3.63) is 48.4 Å². The first-order chi connectivity index (χ1) is 11.4. The zero-order valence-electron chi connectivity index (χ0n) is 13.4. The fraction of sp³-hybridized carbons (Fsp3) is 0.312. The fourth-order valence-electron chi connectivity index (χ4n) is 2.15. The van der Waals surface area contributed by atoms with Gasteiger partial charge in [-0.25, -0.2) is 18.4 Å². The van der Waals surface area contributed by atoms with Crippen LogP contribution in [0.15, 0.2) is 52.0 Å². The van der Waals surface area contributed by atoms with Gasteiger partial charge in [-0.3, -0.25) is 0 Å². The second-order valence-corrected chi connectivity index (χ2v) is 6.92. The average Bonchev–Trinajstić information content (AvgIpc) is 3.04. The van der Waals surface area contributed by atoms with Crippen LogP contribution in [0.25, 0.3) is 0 Å². The van der Waals surface area contributed by atoms with Crippen LogP contribution in [0, 0.1) is 0 Å². The van der Waals surface area contributed by atoms with Crippen molar-refractivity contribution in [1.29, 1.82) is 0 Å². The van der Waals surface area contributed by atoms with Crippen molar-refractivity contribution < 1.29 is 17.6 Å². The van der Waals surface area contributed by atoms with E-state index in [2.05, 4.69) is 5.32 Å². The van der Waals surface area contributed by atoms with Gasteiger partial charge < -0.3 is 14.6 Å². The molecule has 3 N–H and O–H groups in total. The van der Waals surface area contributed by atoms with Gasteiger partial charge in [0.05, 0.1) is 17.7 Å².